The first-order chi connectivity index (χ1) is 8.21. The Morgan fingerprint density at radius 2 is 1.82 bits per heavy atom. The minimum Gasteiger partial charge on any atom is -0.372 e. The zero-order chi connectivity index (χ0) is 12.7. The molecule has 0 saturated heterocycles. The molecule has 0 radical (unpaired) electrons. The number of hydrogen-bond donors (Lipinski definition) is 1. The molecular weight excluding hydrogens is 212 g/mol. The second kappa shape index (κ2) is 6.74. The van der Waals surface area contributed by atoms with Gasteiger partial charge < -0.3 is 10.2 Å². The van der Waals surface area contributed by atoms with E-state index in [1.54, 1.807) is 6.08 Å². The van der Waals surface area contributed by atoms with Crippen LogP contribution in [0.4, 0.5) is 11.4 Å². The van der Waals surface area contributed by atoms with Crippen LogP contribution in [0.25, 0.3) is 0 Å². The van der Waals surface area contributed by atoms with Gasteiger partial charge in [-0.3, -0.25) is 4.79 Å². The molecule has 0 unspecified atom stereocenters. The topological polar surface area (TPSA) is 32.3 Å². The smallest absolute Gasteiger partial charge is 0.248 e. The Kier molecular flexibility index (Phi) is 5.27. The van der Waals surface area contributed by atoms with Gasteiger partial charge in [-0.2, -0.15) is 0 Å². The summed E-state index contributed by atoms with van der Waals surface area (Å²) in [5, 5.41) is 2.80. The summed E-state index contributed by atoms with van der Waals surface area (Å²) in [4.78, 5) is 13.6. The second-order valence-electron chi connectivity index (χ2n) is 3.71. The predicted molar refractivity (Wildman–Crippen MR) is 73.4 cm³/mol. The first-order valence-electron chi connectivity index (χ1n) is 6.00. The molecule has 1 N–H and O–H groups in total. The predicted octanol–water partition coefficient (Wildman–Crippen LogP) is 3.05. The number of carbonyl (C=O) groups excluding carboxylic acids is 1. The van der Waals surface area contributed by atoms with Crippen LogP contribution in [0.15, 0.2) is 36.4 Å². The van der Waals surface area contributed by atoms with Crippen molar-refractivity contribution >= 4 is 17.3 Å². The van der Waals surface area contributed by atoms with Gasteiger partial charge in [0.15, 0.2) is 0 Å². The van der Waals surface area contributed by atoms with Crippen LogP contribution in [-0.2, 0) is 4.79 Å². The summed E-state index contributed by atoms with van der Waals surface area (Å²) < 4.78 is 0. The highest BCUT2D eigenvalue weighted by Crippen LogP contribution is 2.17. The molecule has 3 heteroatoms. The van der Waals surface area contributed by atoms with Crippen LogP contribution in [0, 0.1) is 0 Å². The minimum absolute atomic E-state index is 0.0944. The largest absolute Gasteiger partial charge is 0.372 e. The van der Waals surface area contributed by atoms with Gasteiger partial charge in [-0.1, -0.05) is 6.08 Å². The zero-order valence-corrected chi connectivity index (χ0v) is 10.7. The van der Waals surface area contributed by atoms with Gasteiger partial charge in [0.05, 0.1) is 0 Å². The van der Waals surface area contributed by atoms with Crippen molar-refractivity contribution in [2.24, 2.45) is 0 Å². The van der Waals surface area contributed by atoms with Crippen molar-refractivity contribution in [1.82, 2.24) is 0 Å². The van der Waals surface area contributed by atoms with Gasteiger partial charge in [-0.25, -0.2) is 0 Å². The van der Waals surface area contributed by atoms with E-state index >= 15 is 0 Å². The van der Waals surface area contributed by atoms with Crippen molar-refractivity contribution in [3.05, 3.63) is 36.4 Å². The van der Waals surface area contributed by atoms with E-state index in [4.69, 9.17) is 0 Å². The van der Waals surface area contributed by atoms with Crippen molar-refractivity contribution in [2.45, 2.75) is 20.8 Å². The van der Waals surface area contributed by atoms with Crippen LogP contribution in [-0.4, -0.2) is 19.0 Å². The first-order valence-corrected chi connectivity index (χ1v) is 6.00. The molecule has 17 heavy (non-hydrogen) atoms. The molecule has 0 heterocycles. The zero-order valence-electron chi connectivity index (χ0n) is 10.7. The maximum absolute atomic E-state index is 11.3. The monoisotopic (exact) mass is 232 g/mol. The molecule has 0 fully saturated rings. The molecule has 0 atom stereocenters. The fourth-order valence-corrected chi connectivity index (χ4v) is 1.68. The molecule has 92 valence electrons. The van der Waals surface area contributed by atoms with Crippen LogP contribution < -0.4 is 10.2 Å². The summed E-state index contributed by atoms with van der Waals surface area (Å²) in [6.45, 7) is 8.06. The number of allylic oxidation sites excluding steroid dienone is 1. The van der Waals surface area contributed by atoms with E-state index in [1.807, 2.05) is 31.2 Å². The molecule has 1 aromatic carbocycles. The Morgan fingerprint density at radius 3 is 2.29 bits per heavy atom. The molecule has 0 spiro atoms. The van der Waals surface area contributed by atoms with Gasteiger partial charge in [-0.15, -0.1) is 0 Å². The van der Waals surface area contributed by atoms with Crippen LogP contribution in [0.5, 0.6) is 0 Å². The maximum atomic E-state index is 11.3. The van der Waals surface area contributed by atoms with Crippen LogP contribution in [0.3, 0.4) is 0 Å². The highest BCUT2D eigenvalue weighted by atomic mass is 16.1. The lowest BCUT2D eigenvalue weighted by molar-refractivity contribution is -0.111. The number of amides is 1. The first kappa shape index (κ1) is 13.3. The summed E-state index contributed by atoms with van der Waals surface area (Å²) in [6.07, 6.45) is 3.23. The number of benzene rings is 1. The van der Waals surface area contributed by atoms with Crippen LogP contribution >= 0.6 is 0 Å². The van der Waals surface area contributed by atoms with Gasteiger partial charge in [0.25, 0.3) is 0 Å². The molecule has 3 nitrogen and oxygen atoms in total. The average Bonchev–Trinajstić information content (AvgIpc) is 2.33. The molecule has 0 bridgehead atoms. The average molecular weight is 232 g/mol. The molecule has 1 rings (SSSR count). The second-order valence-corrected chi connectivity index (χ2v) is 3.71. The van der Waals surface area contributed by atoms with E-state index in [0.29, 0.717) is 0 Å². The highest BCUT2D eigenvalue weighted by Gasteiger charge is 2.02. The molecular formula is C14H20N2O. The van der Waals surface area contributed by atoms with Crippen LogP contribution in [0.1, 0.15) is 20.8 Å². The Morgan fingerprint density at radius 1 is 1.24 bits per heavy atom. The van der Waals surface area contributed by atoms with E-state index in [1.165, 1.54) is 11.8 Å². The van der Waals surface area contributed by atoms with Gasteiger partial charge >= 0.3 is 0 Å². The third-order valence-electron chi connectivity index (χ3n) is 2.58. The molecule has 1 amide bonds. The summed E-state index contributed by atoms with van der Waals surface area (Å²) in [6, 6.07) is 7.90. The molecule has 0 aliphatic rings. The lowest BCUT2D eigenvalue weighted by Crippen LogP contribution is -2.21. The van der Waals surface area contributed by atoms with Gasteiger partial charge in [-0.05, 0) is 51.1 Å². The molecule has 0 aromatic heterocycles. The molecule has 1 aromatic rings. The summed E-state index contributed by atoms with van der Waals surface area (Å²) in [5.41, 5.74) is 2.00. The van der Waals surface area contributed by atoms with Gasteiger partial charge in [0.1, 0.15) is 0 Å². The van der Waals surface area contributed by atoms with Crippen molar-refractivity contribution in [3.63, 3.8) is 0 Å². The van der Waals surface area contributed by atoms with Gasteiger partial charge in [0, 0.05) is 24.5 Å². The molecule has 0 aliphatic carbocycles. The Bertz CT molecular complexity index is 378. The Balaban J connectivity index is 2.70. The molecule has 0 saturated carbocycles. The standard InChI is InChI=1S/C14H20N2O/c1-4-7-14(17)15-12-8-10-13(11-9-12)16(5-2)6-3/h4,7-11H,5-6H2,1-3H3,(H,15,17). The maximum Gasteiger partial charge on any atom is 0.248 e. The highest BCUT2D eigenvalue weighted by molar-refractivity contribution is 5.99. The van der Waals surface area contributed by atoms with Crippen molar-refractivity contribution in [1.29, 1.82) is 0 Å². The summed E-state index contributed by atoms with van der Waals surface area (Å²) >= 11 is 0. The van der Waals surface area contributed by atoms with Crippen molar-refractivity contribution < 1.29 is 4.79 Å². The Labute approximate surface area is 103 Å². The minimum atomic E-state index is -0.0944. The number of nitrogens with one attached hydrogen (secondary N) is 1. The summed E-state index contributed by atoms with van der Waals surface area (Å²) in [7, 11) is 0. The normalized spacial score (nSPS) is 10.5. The number of nitrogens with zero attached hydrogens (tertiary/aromatic N) is 1. The number of hydrogen-bond acceptors (Lipinski definition) is 2. The third kappa shape index (κ3) is 3.94. The van der Waals surface area contributed by atoms with E-state index in [2.05, 4.69) is 24.1 Å². The lowest BCUT2D eigenvalue weighted by Gasteiger charge is -2.21. The van der Waals surface area contributed by atoms with Gasteiger partial charge in [0.2, 0.25) is 5.91 Å². The Hall–Kier alpha value is -1.77. The van der Waals surface area contributed by atoms with E-state index in [0.717, 1.165) is 18.8 Å². The third-order valence-corrected chi connectivity index (χ3v) is 2.58. The lowest BCUT2D eigenvalue weighted by atomic mass is 10.2. The van der Waals surface area contributed by atoms with Crippen molar-refractivity contribution in [2.75, 3.05) is 23.3 Å². The van der Waals surface area contributed by atoms with E-state index < -0.39 is 0 Å². The van der Waals surface area contributed by atoms with E-state index in [9.17, 15) is 4.79 Å². The number of carbonyl (C=O) groups is 1. The summed E-state index contributed by atoms with van der Waals surface area (Å²) in [5.74, 6) is -0.0944. The quantitative estimate of drug-likeness (QED) is 0.791. The van der Waals surface area contributed by atoms with Crippen LogP contribution in [0.2, 0.25) is 0 Å². The SMILES string of the molecule is CC=CC(=O)Nc1ccc(N(CC)CC)cc1. The fourth-order valence-electron chi connectivity index (χ4n) is 1.68. The number of anilines is 2. The number of rotatable bonds is 5. The van der Waals surface area contributed by atoms with Crippen molar-refractivity contribution in [3.8, 4) is 0 Å². The fraction of sp³-hybridized carbons (Fsp3) is 0.357. The van der Waals surface area contributed by atoms with E-state index in [-0.39, 0.29) is 5.91 Å². The molecule has 0 aliphatic heterocycles.